The molecule has 2 aliphatic rings. The third-order valence-corrected chi connectivity index (χ3v) is 2.67. The van der Waals surface area contributed by atoms with Gasteiger partial charge in [-0.2, -0.15) is 0 Å². The van der Waals surface area contributed by atoms with E-state index in [9.17, 15) is 5.11 Å². The van der Waals surface area contributed by atoms with E-state index in [1.165, 1.54) is 0 Å². The van der Waals surface area contributed by atoms with E-state index in [0.29, 0.717) is 6.04 Å². The molecule has 14 heavy (non-hydrogen) atoms. The molecule has 0 spiro atoms. The number of aliphatic hydroxyl groups excluding tert-OH is 1. The van der Waals surface area contributed by atoms with Gasteiger partial charge in [-0.15, -0.1) is 24.8 Å². The van der Waals surface area contributed by atoms with Gasteiger partial charge in [0.15, 0.2) is 0 Å². The Morgan fingerprint density at radius 1 is 1.14 bits per heavy atom. The van der Waals surface area contributed by atoms with Crippen LogP contribution in [0.3, 0.4) is 0 Å². The van der Waals surface area contributed by atoms with Crippen LogP contribution in [0, 0.1) is 0 Å². The number of rotatable bonds is 1. The first-order valence-corrected chi connectivity index (χ1v) is 4.58. The molecular formula is C8H18Cl2N2O2. The van der Waals surface area contributed by atoms with Crippen LogP contribution < -0.4 is 5.32 Å². The van der Waals surface area contributed by atoms with Crippen molar-refractivity contribution in [3.63, 3.8) is 0 Å². The largest absolute Gasteiger partial charge is 0.390 e. The molecule has 0 unspecified atom stereocenters. The number of nitrogens with zero attached hydrogens (tertiary/aromatic N) is 1. The summed E-state index contributed by atoms with van der Waals surface area (Å²) in [4.78, 5) is 2.31. The lowest BCUT2D eigenvalue weighted by Gasteiger charge is -2.33. The minimum Gasteiger partial charge on any atom is -0.390 e. The summed E-state index contributed by atoms with van der Waals surface area (Å²) in [5, 5.41) is 12.8. The van der Waals surface area contributed by atoms with E-state index < -0.39 is 0 Å². The van der Waals surface area contributed by atoms with Crippen molar-refractivity contribution in [1.29, 1.82) is 0 Å². The predicted molar refractivity (Wildman–Crippen MR) is 59.6 cm³/mol. The highest BCUT2D eigenvalue weighted by molar-refractivity contribution is 5.85. The Balaban J connectivity index is 0.000000845. The maximum atomic E-state index is 9.60. The minimum atomic E-state index is -0.192. The molecule has 2 fully saturated rings. The van der Waals surface area contributed by atoms with Gasteiger partial charge in [-0.05, 0) is 0 Å². The van der Waals surface area contributed by atoms with Gasteiger partial charge in [0.1, 0.15) is 0 Å². The Labute approximate surface area is 96.8 Å². The normalized spacial score (nSPS) is 33.2. The number of morpholine rings is 1. The predicted octanol–water partition coefficient (Wildman–Crippen LogP) is -0.505. The SMILES string of the molecule is Cl.Cl.O[C@H]1CNC[C@@H]1N1CCOCC1. The molecule has 0 radical (unpaired) electrons. The molecule has 86 valence electrons. The summed E-state index contributed by atoms with van der Waals surface area (Å²) in [6.07, 6.45) is -0.192. The number of hydrogen-bond donors (Lipinski definition) is 2. The highest BCUT2D eigenvalue weighted by Crippen LogP contribution is 2.10. The third-order valence-electron chi connectivity index (χ3n) is 2.67. The van der Waals surface area contributed by atoms with E-state index in [0.717, 1.165) is 39.4 Å². The van der Waals surface area contributed by atoms with E-state index >= 15 is 0 Å². The lowest BCUT2D eigenvalue weighted by Crippen LogP contribution is -2.48. The van der Waals surface area contributed by atoms with Crippen LogP contribution in [0.2, 0.25) is 0 Å². The van der Waals surface area contributed by atoms with Crippen molar-refractivity contribution in [2.45, 2.75) is 12.1 Å². The van der Waals surface area contributed by atoms with E-state index in [1.54, 1.807) is 0 Å². The van der Waals surface area contributed by atoms with Crippen LogP contribution in [0.1, 0.15) is 0 Å². The standard InChI is InChI=1S/C8H16N2O2.2ClH/c11-8-6-9-5-7(8)10-1-3-12-4-2-10;;/h7-9,11H,1-6H2;2*1H/t7-,8-;;/m0../s1. The van der Waals surface area contributed by atoms with Gasteiger partial charge in [0, 0.05) is 32.2 Å². The second-order valence-corrected chi connectivity index (χ2v) is 3.44. The molecule has 2 rings (SSSR count). The number of β-amino-alcohol motifs (C(OH)–C–C–N with tert-alkyl or cyclic N) is 1. The first-order valence-electron chi connectivity index (χ1n) is 4.58. The number of aliphatic hydroxyl groups is 1. The molecule has 2 saturated heterocycles. The molecule has 2 heterocycles. The van der Waals surface area contributed by atoms with Crippen molar-refractivity contribution in [1.82, 2.24) is 10.2 Å². The molecule has 6 heteroatoms. The summed E-state index contributed by atoms with van der Waals surface area (Å²) in [6.45, 7) is 5.20. The number of hydrogen-bond acceptors (Lipinski definition) is 4. The summed E-state index contributed by atoms with van der Waals surface area (Å²) in [6, 6.07) is 0.314. The minimum absolute atomic E-state index is 0. The number of ether oxygens (including phenoxy) is 1. The van der Waals surface area contributed by atoms with Crippen LogP contribution >= 0.6 is 24.8 Å². The molecule has 2 N–H and O–H groups in total. The zero-order chi connectivity index (χ0) is 8.39. The molecule has 0 aromatic heterocycles. The second-order valence-electron chi connectivity index (χ2n) is 3.44. The summed E-state index contributed by atoms with van der Waals surface area (Å²) < 4.78 is 5.25. The molecule has 2 aliphatic heterocycles. The molecule has 0 aliphatic carbocycles. The van der Waals surface area contributed by atoms with Crippen molar-refractivity contribution in [2.24, 2.45) is 0 Å². The number of halogens is 2. The van der Waals surface area contributed by atoms with E-state index in [1.807, 2.05) is 0 Å². The molecule has 4 nitrogen and oxygen atoms in total. The smallest absolute Gasteiger partial charge is 0.0831 e. The van der Waals surface area contributed by atoms with Crippen LogP contribution in [-0.4, -0.2) is 61.5 Å². The lowest BCUT2D eigenvalue weighted by atomic mass is 10.2. The van der Waals surface area contributed by atoms with Crippen molar-refractivity contribution >= 4 is 24.8 Å². The van der Waals surface area contributed by atoms with Gasteiger partial charge in [-0.25, -0.2) is 0 Å². The van der Waals surface area contributed by atoms with E-state index in [2.05, 4.69) is 10.2 Å². The van der Waals surface area contributed by atoms with Gasteiger partial charge in [-0.3, -0.25) is 4.90 Å². The van der Waals surface area contributed by atoms with Gasteiger partial charge in [0.2, 0.25) is 0 Å². The van der Waals surface area contributed by atoms with Crippen LogP contribution in [0.25, 0.3) is 0 Å². The maximum absolute atomic E-state index is 9.60. The average molecular weight is 245 g/mol. The Morgan fingerprint density at radius 2 is 1.79 bits per heavy atom. The van der Waals surface area contributed by atoms with Gasteiger partial charge >= 0.3 is 0 Å². The molecular weight excluding hydrogens is 227 g/mol. The topological polar surface area (TPSA) is 44.7 Å². The van der Waals surface area contributed by atoms with Crippen molar-refractivity contribution in [3.05, 3.63) is 0 Å². The van der Waals surface area contributed by atoms with Crippen molar-refractivity contribution in [2.75, 3.05) is 39.4 Å². The van der Waals surface area contributed by atoms with Crippen molar-refractivity contribution in [3.8, 4) is 0 Å². The second kappa shape index (κ2) is 6.82. The third kappa shape index (κ3) is 3.22. The summed E-state index contributed by atoms with van der Waals surface area (Å²) >= 11 is 0. The Hall–Kier alpha value is 0.420. The fourth-order valence-corrected chi connectivity index (χ4v) is 1.93. The first kappa shape index (κ1) is 14.4. The Bertz CT molecular complexity index is 156. The Kier molecular flexibility index (Phi) is 7.03. The van der Waals surface area contributed by atoms with Gasteiger partial charge in [-0.1, -0.05) is 0 Å². The average Bonchev–Trinajstić information content (AvgIpc) is 2.53. The van der Waals surface area contributed by atoms with Crippen LogP contribution in [-0.2, 0) is 4.74 Å². The summed E-state index contributed by atoms with van der Waals surface area (Å²) in [5.74, 6) is 0. The van der Waals surface area contributed by atoms with Gasteiger partial charge < -0.3 is 15.2 Å². The fraction of sp³-hybridized carbons (Fsp3) is 1.00. The molecule has 0 saturated carbocycles. The first-order chi connectivity index (χ1) is 5.88. The van der Waals surface area contributed by atoms with E-state index in [4.69, 9.17) is 4.74 Å². The molecule has 0 bridgehead atoms. The van der Waals surface area contributed by atoms with Crippen LogP contribution in [0.15, 0.2) is 0 Å². The van der Waals surface area contributed by atoms with Crippen LogP contribution in [0.5, 0.6) is 0 Å². The van der Waals surface area contributed by atoms with Crippen molar-refractivity contribution < 1.29 is 9.84 Å². The highest BCUT2D eigenvalue weighted by atomic mass is 35.5. The van der Waals surface area contributed by atoms with E-state index in [-0.39, 0.29) is 30.9 Å². The zero-order valence-electron chi connectivity index (χ0n) is 8.02. The molecule has 0 aromatic rings. The monoisotopic (exact) mass is 244 g/mol. The molecule has 0 aromatic carbocycles. The number of nitrogens with one attached hydrogen (secondary N) is 1. The molecule has 0 amide bonds. The maximum Gasteiger partial charge on any atom is 0.0831 e. The highest BCUT2D eigenvalue weighted by Gasteiger charge is 2.30. The summed E-state index contributed by atoms with van der Waals surface area (Å²) in [7, 11) is 0. The van der Waals surface area contributed by atoms with Crippen LogP contribution in [0.4, 0.5) is 0 Å². The lowest BCUT2D eigenvalue weighted by molar-refractivity contribution is -0.00592. The molecule has 2 atom stereocenters. The quantitative estimate of drug-likeness (QED) is 0.653. The zero-order valence-corrected chi connectivity index (χ0v) is 9.65. The van der Waals surface area contributed by atoms with Gasteiger partial charge in [0.05, 0.1) is 19.3 Å². The fourth-order valence-electron chi connectivity index (χ4n) is 1.93. The summed E-state index contributed by atoms with van der Waals surface area (Å²) in [5.41, 5.74) is 0. The Morgan fingerprint density at radius 3 is 2.29 bits per heavy atom. The van der Waals surface area contributed by atoms with Gasteiger partial charge in [0.25, 0.3) is 0 Å².